The van der Waals surface area contributed by atoms with Crippen LogP contribution in [0.25, 0.3) is 0 Å². The molecule has 2 aliphatic heterocycles. The number of hydrogen-bond donors (Lipinski definition) is 3. The van der Waals surface area contributed by atoms with Gasteiger partial charge in [-0.25, -0.2) is 31.5 Å². The quantitative estimate of drug-likeness (QED) is 0.252. The Bertz CT molecular complexity index is 1960. The van der Waals surface area contributed by atoms with Crippen LogP contribution in [-0.2, 0) is 71.4 Å². The summed E-state index contributed by atoms with van der Waals surface area (Å²) in [4.78, 5) is 16.9. The lowest BCUT2D eigenvalue weighted by molar-refractivity contribution is 0.0631. The Kier molecular flexibility index (Phi) is 13.7. The molecule has 2 aromatic carbocycles. The molecule has 8 rings (SSSR count). The molecule has 2 saturated heterocycles. The van der Waals surface area contributed by atoms with E-state index in [0.717, 1.165) is 95.2 Å². The van der Waals surface area contributed by atoms with E-state index in [-0.39, 0.29) is 11.5 Å². The smallest absolute Gasteiger partial charge is 0.332 e. The number of nitriles is 1. The zero-order valence-electron chi connectivity index (χ0n) is 33.8. The van der Waals surface area contributed by atoms with Crippen molar-refractivity contribution in [2.45, 2.75) is 130 Å². The van der Waals surface area contributed by atoms with Crippen molar-refractivity contribution in [3.05, 3.63) is 56.6 Å². The number of fused-ring (bicyclic) bond motifs is 4. The minimum Gasteiger partial charge on any atom is -0.387 e. The number of likely N-dealkylation sites (tertiary alicyclic amines) is 2. The molecule has 6 aliphatic rings. The van der Waals surface area contributed by atoms with Crippen LogP contribution in [0.3, 0.4) is 0 Å². The van der Waals surface area contributed by atoms with Gasteiger partial charge in [0.15, 0.2) is 0 Å². The number of nitrogens with two attached hydrogens (primary N) is 1. The highest BCUT2D eigenvalue weighted by molar-refractivity contribution is 7.90. The molecule has 0 aromatic heterocycles. The minimum atomic E-state index is -3.65. The van der Waals surface area contributed by atoms with E-state index in [9.17, 15) is 21.6 Å². The molecule has 4 aliphatic carbocycles. The highest BCUT2D eigenvalue weighted by Gasteiger charge is 2.33. The van der Waals surface area contributed by atoms with Gasteiger partial charge in [-0.15, -0.1) is 5.26 Å². The van der Waals surface area contributed by atoms with Crippen molar-refractivity contribution in [3.63, 3.8) is 0 Å². The summed E-state index contributed by atoms with van der Waals surface area (Å²) in [5.74, 6) is 2.06. The first kappa shape index (κ1) is 42.4. The number of carbonyl (C=O) groups is 1. The highest BCUT2D eigenvalue weighted by atomic mass is 32.2. The second kappa shape index (κ2) is 18.1. The SMILES string of the molecule is CC(C)C1CCN1CCS(=O)(=O)NC(=O)Nc1c2c(cc3c1CCC3)CCC2.CC(C)C1CCN1CCS(N)(=O)=O.N#COc1c2c(cc3c1CCC3)CCC2. The van der Waals surface area contributed by atoms with Crippen molar-refractivity contribution >= 4 is 31.8 Å². The molecule has 12 nitrogen and oxygen atoms in total. The van der Waals surface area contributed by atoms with E-state index >= 15 is 0 Å². The van der Waals surface area contributed by atoms with E-state index in [0.29, 0.717) is 37.0 Å². The third kappa shape index (κ3) is 10.3. The second-order valence-corrected chi connectivity index (χ2v) is 20.7. The van der Waals surface area contributed by atoms with Crippen molar-refractivity contribution in [2.24, 2.45) is 17.0 Å². The zero-order chi connectivity index (χ0) is 40.2. The number of carbonyl (C=O) groups excluding carboxylic acids is 1. The second-order valence-electron chi connectivity index (χ2n) is 17.1. The number of urea groups is 1. The first-order valence-electron chi connectivity index (χ1n) is 20.8. The number of anilines is 1. The third-order valence-electron chi connectivity index (χ3n) is 12.7. The molecule has 308 valence electrons. The molecule has 4 N–H and O–H groups in total. The number of rotatable bonds is 11. The Hall–Kier alpha value is -3.22. The summed E-state index contributed by atoms with van der Waals surface area (Å²) in [7, 11) is -6.94. The Morgan fingerprint density at radius 1 is 0.750 bits per heavy atom. The van der Waals surface area contributed by atoms with Gasteiger partial charge < -0.3 is 10.1 Å². The molecule has 0 spiro atoms. The van der Waals surface area contributed by atoms with Gasteiger partial charge in [-0.2, -0.15) is 0 Å². The number of sulfonamides is 2. The van der Waals surface area contributed by atoms with Gasteiger partial charge in [0.05, 0.1) is 11.5 Å². The molecule has 0 saturated carbocycles. The molecule has 2 unspecified atom stereocenters. The average molecular weight is 811 g/mol. The van der Waals surface area contributed by atoms with Gasteiger partial charge in [0.2, 0.25) is 20.0 Å². The third-order valence-corrected chi connectivity index (χ3v) is 14.7. The van der Waals surface area contributed by atoms with Crippen LogP contribution in [0.5, 0.6) is 5.75 Å². The molecule has 0 bridgehead atoms. The normalized spacial score (nSPS) is 21.0. The Labute approximate surface area is 335 Å². The Balaban J connectivity index is 0.000000159. The van der Waals surface area contributed by atoms with Crippen molar-refractivity contribution in [2.75, 3.05) is 43.0 Å². The van der Waals surface area contributed by atoms with E-state index < -0.39 is 26.1 Å². The number of primary sulfonamides is 1. The maximum Gasteiger partial charge on any atom is 0.332 e. The average Bonchev–Trinajstić information content (AvgIpc) is 3.90. The molecular formula is C42H62N6O6S2. The van der Waals surface area contributed by atoms with Crippen LogP contribution in [0.15, 0.2) is 12.1 Å². The van der Waals surface area contributed by atoms with Crippen LogP contribution >= 0.6 is 0 Å². The van der Waals surface area contributed by atoms with Gasteiger partial charge in [-0.1, -0.05) is 39.8 Å². The van der Waals surface area contributed by atoms with Crippen LogP contribution in [-0.4, -0.2) is 82.4 Å². The number of hydrogen-bond acceptors (Lipinski definition) is 9. The molecule has 2 atom stereocenters. The summed E-state index contributed by atoms with van der Waals surface area (Å²) in [5, 5.41) is 16.5. The van der Waals surface area contributed by atoms with Crippen molar-refractivity contribution < 1.29 is 26.4 Å². The predicted octanol–water partition coefficient (Wildman–Crippen LogP) is 5.37. The summed E-state index contributed by atoms with van der Waals surface area (Å²) >= 11 is 0. The van der Waals surface area contributed by atoms with E-state index in [4.69, 9.17) is 15.1 Å². The largest absolute Gasteiger partial charge is 0.387 e. The van der Waals surface area contributed by atoms with Crippen molar-refractivity contribution in [3.8, 4) is 12.0 Å². The molecule has 2 fully saturated rings. The molecule has 2 aromatic rings. The maximum atomic E-state index is 12.5. The summed E-state index contributed by atoms with van der Waals surface area (Å²) in [5.41, 5.74) is 11.4. The van der Waals surface area contributed by atoms with Gasteiger partial charge in [0.1, 0.15) is 5.75 Å². The first-order valence-corrected chi connectivity index (χ1v) is 24.2. The summed E-state index contributed by atoms with van der Waals surface area (Å²) in [6.45, 7) is 11.7. The minimum absolute atomic E-state index is 0.0470. The lowest BCUT2D eigenvalue weighted by Crippen LogP contribution is -2.52. The van der Waals surface area contributed by atoms with Gasteiger partial charge in [-0.05, 0) is 159 Å². The van der Waals surface area contributed by atoms with E-state index in [2.05, 4.69) is 59.7 Å². The first-order chi connectivity index (χ1) is 26.6. The van der Waals surface area contributed by atoms with E-state index in [1.54, 1.807) is 0 Å². The van der Waals surface area contributed by atoms with Crippen LogP contribution in [0.1, 0.15) is 111 Å². The Morgan fingerprint density at radius 3 is 1.57 bits per heavy atom. The van der Waals surface area contributed by atoms with Gasteiger partial charge in [0, 0.05) is 30.9 Å². The van der Waals surface area contributed by atoms with Gasteiger partial charge in [0.25, 0.3) is 6.26 Å². The summed E-state index contributed by atoms with van der Waals surface area (Å²) < 4.78 is 53.7. The fourth-order valence-corrected chi connectivity index (χ4v) is 11.1. The van der Waals surface area contributed by atoms with E-state index in [1.165, 1.54) is 63.8 Å². The van der Waals surface area contributed by atoms with Crippen LogP contribution in [0, 0.1) is 23.4 Å². The van der Waals surface area contributed by atoms with E-state index in [1.807, 2.05) is 6.26 Å². The zero-order valence-corrected chi connectivity index (χ0v) is 35.4. The number of aryl methyl sites for hydroxylation is 4. The summed E-state index contributed by atoms with van der Waals surface area (Å²) in [6.07, 6.45) is 17.2. The van der Waals surface area contributed by atoms with Crippen LogP contribution < -0.4 is 19.9 Å². The molecule has 56 heavy (non-hydrogen) atoms. The summed E-state index contributed by atoms with van der Waals surface area (Å²) in [6, 6.07) is 5.02. The maximum absolute atomic E-state index is 12.5. The number of nitrogens with one attached hydrogen (secondary N) is 2. The topological polar surface area (TPSA) is 175 Å². The van der Waals surface area contributed by atoms with Crippen molar-refractivity contribution in [1.82, 2.24) is 14.5 Å². The lowest BCUT2D eigenvalue weighted by Gasteiger charge is -2.43. The Morgan fingerprint density at radius 2 is 1.18 bits per heavy atom. The molecule has 2 amide bonds. The predicted molar refractivity (Wildman–Crippen MR) is 221 cm³/mol. The fourth-order valence-electron chi connectivity index (χ4n) is 9.70. The number of ether oxygens (including phenoxy) is 1. The number of amides is 2. The molecule has 0 radical (unpaired) electrons. The van der Waals surface area contributed by atoms with Crippen molar-refractivity contribution in [1.29, 1.82) is 5.26 Å². The van der Waals surface area contributed by atoms with Gasteiger partial charge >= 0.3 is 6.03 Å². The number of benzene rings is 2. The monoisotopic (exact) mass is 810 g/mol. The number of nitrogens with zero attached hydrogens (tertiary/aromatic N) is 3. The molecule has 14 heteroatoms. The molecular weight excluding hydrogens is 749 g/mol. The van der Waals surface area contributed by atoms with Crippen LogP contribution in [0.4, 0.5) is 10.5 Å². The molecule has 2 heterocycles. The van der Waals surface area contributed by atoms with Gasteiger partial charge in [-0.3, -0.25) is 9.80 Å². The highest BCUT2D eigenvalue weighted by Crippen LogP contribution is 2.40. The fraction of sp³-hybridized carbons (Fsp3) is 0.667. The lowest BCUT2D eigenvalue weighted by atomic mass is 9.92. The standard InChI is InChI=1S/C21H31N3O3S.C13H13NO.C8H18N2O2S/c1-14(2)19-9-10-24(19)11-12-28(26,27)23-21(25)22-20-17-7-3-5-15(17)13-16-6-4-8-18(16)20;14-8-15-13-11-5-1-3-9(11)7-10-4-2-6-12(10)13;1-7(2)8-3-4-10(8)5-6-13(9,11)12/h13-14,19H,3-12H2,1-2H3,(H2,22,23,25);7H,1-6H2;7-8H,3-6H2,1-2H3,(H2,9,11,12). The van der Waals surface area contributed by atoms with Crippen LogP contribution in [0.2, 0.25) is 0 Å².